The number of carbonyl (C=O) groups is 1. The minimum Gasteiger partial charge on any atom is -0.495 e. The lowest BCUT2D eigenvalue weighted by atomic mass is 10.1. The summed E-state index contributed by atoms with van der Waals surface area (Å²) in [5, 5.41) is 13.8. The number of sulfonamides is 1. The summed E-state index contributed by atoms with van der Waals surface area (Å²) in [6.07, 6.45) is 5.36. The number of rotatable bonds is 10. The van der Waals surface area contributed by atoms with Crippen LogP contribution in [0.4, 0.5) is 11.4 Å². The van der Waals surface area contributed by atoms with Gasteiger partial charge in [0.15, 0.2) is 0 Å². The fourth-order valence-electron chi connectivity index (χ4n) is 3.27. The van der Waals surface area contributed by atoms with E-state index >= 15 is 0 Å². The molecule has 1 aromatic rings. The van der Waals surface area contributed by atoms with Gasteiger partial charge in [0.05, 0.1) is 18.3 Å². The average Bonchev–Trinajstić information content (AvgIpc) is 2.69. The number of benzene rings is 1. The van der Waals surface area contributed by atoms with Crippen molar-refractivity contribution in [1.82, 2.24) is 10.2 Å². The average molecular weight is 429 g/mol. The van der Waals surface area contributed by atoms with Gasteiger partial charge in [-0.15, -0.1) is 0 Å². The highest BCUT2D eigenvalue weighted by atomic mass is 32.2. The first-order chi connectivity index (χ1) is 13.7. The number of piperidine rings is 1. The van der Waals surface area contributed by atoms with Crippen molar-refractivity contribution in [1.29, 1.82) is 0 Å². The number of nitrogens with one attached hydrogen (secondary N) is 1. The summed E-state index contributed by atoms with van der Waals surface area (Å²) in [5.41, 5.74) is -0.343. The lowest BCUT2D eigenvalue weighted by Gasteiger charge is -2.26. The Hall–Kier alpha value is -2.40. The molecule has 1 aliphatic rings. The van der Waals surface area contributed by atoms with Crippen molar-refractivity contribution in [2.75, 3.05) is 50.4 Å². The van der Waals surface area contributed by atoms with Crippen LogP contribution < -0.4 is 14.4 Å². The van der Waals surface area contributed by atoms with Crippen molar-refractivity contribution >= 4 is 27.3 Å². The Morgan fingerprint density at radius 3 is 2.59 bits per heavy atom. The number of nitro benzene ring substituents is 1. The summed E-state index contributed by atoms with van der Waals surface area (Å²) in [5.74, 6) is -0.360. The molecule has 162 valence electrons. The zero-order valence-electron chi connectivity index (χ0n) is 16.8. The summed E-state index contributed by atoms with van der Waals surface area (Å²) in [6.45, 7) is 2.97. The van der Waals surface area contributed by atoms with Crippen LogP contribution in [0.3, 0.4) is 0 Å². The maximum Gasteiger partial charge on any atom is 0.271 e. The van der Waals surface area contributed by atoms with E-state index in [0.29, 0.717) is 6.54 Å². The largest absolute Gasteiger partial charge is 0.495 e. The van der Waals surface area contributed by atoms with Gasteiger partial charge in [0, 0.05) is 18.7 Å². The van der Waals surface area contributed by atoms with Gasteiger partial charge in [0.1, 0.15) is 18.0 Å². The zero-order chi connectivity index (χ0) is 21.4. The molecular formula is C18H28N4O6S. The second-order valence-corrected chi connectivity index (χ2v) is 8.90. The van der Waals surface area contributed by atoms with Crippen LogP contribution in [-0.4, -0.2) is 70.2 Å². The van der Waals surface area contributed by atoms with Crippen LogP contribution in [0.2, 0.25) is 0 Å². The molecule has 0 aliphatic carbocycles. The molecule has 2 rings (SSSR count). The number of anilines is 1. The minimum absolute atomic E-state index is 0.0485. The van der Waals surface area contributed by atoms with Gasteiger partial charge in [-0.05, 0) is 45.0 Å². The standard InChI is InChI=1S/C18H28N4O6S/c1-28-17-8-7-15(22(24)25)13-16(17)21(29(2,26)27)14-18(23)19-9-6-12-20-10-4-3-5-11-20/h7-8,13H,3-6,9-12,14H2,1-2H3,(H,19,23). The molecule has 1 amide bonds. The highest BCUT2D eigenvalue weighted by Gasteiger charge is 2.26. The lowest BCUT2D eigenvalue weighted by molar-refractivity contribution is -0.384. The molecule has 1 saturated heterocycles. The number of non-ortho nitro benzene ring substituents is 1. The molecule has 0 spiro atoms. The normalized spacial score (nSPS) is 15.0. The molecule has 0 saturated carbocycles. The Kier molecular flexibility index (Phi) is 8.21. The Morgan fingerprint density at radius 1 is 1.31 bits per heavy atom. The molecular weight excluding hydrogens is 400 g/mol. The zero-order valence-corrected chi connectivity index (χ0v) is 17.6. The van der Waals surface area contributed by atoms with E-state index in [9.17, 15) is 23.3 Å². The van der Waals surface area contributed by atoms with E-state index in [0.717, 1.165) is 42.7 Å². The van der Waals surface area contributed by atoms with E-state index in [2.05, 4.69) is 10.2 Å². The van der Waals surface area contributed by atoms with Crippen molar-refractivity contribution < 1.29 is 22.9 Å². The number of carbonyl (C=O) groups excluding carboxylic acids is 1. The Bertz CT molecular complexity index is 824. The van der Waals surface area contributed by atoms with Gasteiger partial charge in [-0.1, -0.05) is 6.42 Å². The van der Waals surface area contributed by atoms with E-state index in [1.54, 1.807) is 0 Å². The topological polar surface area (TPSA) is 122 Å². The highest BCUT2D eigenvalue weighted by Crippen LogP contribution is 2.33. The fourth-order valence-corrected chi connectivity index (χ4v) is 4.12. The van der Waals surface area contributed by atoms with Gasteiger partial charge >= 0.3 is 0 Å². The minimum atomic E-state index is -3.87. The molecule has 1 heterocycles. The van der Waals surface area contributed by atoms with Crippen molar-refractivity contribution in [2.24, 2.45) is 0 Å². The van der Waals surface area contributed by atoms with Gasteiger partial charge < -0.3 is 15.0 Å². The van der Waals surface area contributed by atoms with Gasteiger partial charge in [0.2, 0.25) is 15.9 Å². The molecule has 0 atom stereocenters. The van der Waals surface area contributed by atoms with Crippen molar-refractivity contribution in [3.05, 3.63) is 28.3 Å². The number of likely N-dealkylation sites (tertiary alicyclic amines) is 1. The summed E-state index contributed by atoms with van der Waals surface area (Å²) in [6, 6.07) is 3.61. The van der Waals surface area contributed by atoms with Gasteiger partial charge in [-0.3, -0.25) is 19.2 Å². The van der Waals surface area contributed by atoms with E-state index < -0.39 is 27.4 Å². The summed E-state index contributed by atoms with van der Waals surface area (Å²) in [4.78, 5) is 25.1. The lowest BCUT2D eigenvalue weighted by Crippen LogP contribution is -2.41. The number of hydrogen-bond acceptors (Lipinski definition) is 7. The SMILES string of the molecule is COc1ccc([N+](=O)[O-])cc1N(CC(=O)NCCCN1CCCCC1)S(C)(=O)=O. The van der Waals surface area contributed by atoms with Crippen LogP contribution in [0, 0.1) is 10.1 Å². The van der Waals surface area contributed by atoms with Gasteiger partial charge in [-0.2, -0.15) is 0 Å². The summed E-state index contributed by atoms with van der Waals surface area (Å²) < 4.78 is 30.5. The first kappa shape index (κ1) is 22.9. The molecule has 11 heteroatoms. The van der Waals surface area contributed by atoms with Crippen LogP contribution in [-0.2, 0) is 14.8 Å². The molecule has 0 radical (unpaired) electrons. The third-order valence-electron chi connectivity index (χ3n) is 4.75. The number of amides is 1. The molecule has 0 aromatic heterocycles. The maximum absolute atomic E-state index is 12.3. The molecule has 29 heavy (non-hydrogen) atoms. The number of nitrogens with zero attached hydrogens (tertiary/aromatic N) is 3. The number of ether oxygens (including phenoxy) is 1. The van der Waals surface area contributed by atoms with E-state index in [4.69, 9.17) is 4.74 Å². The molecule has 1 aliphatic heterocycles. The maximum atomic E-state index is 12.3. The van der Waals surface area contributed by atoms with E-state index in [1.165, 1.54) is 38.5 Å². The molecule has 1 fully saturated rings. The first-order valence-electron chi connectivity index (χ1n) is 9.51. The number of nitro groups is 1. The molecule has 0 bridgehead atoms. The van der Waals surface area contributed by atoms with E-state index in [1.807, 2.05) is 0 Å². The second kappa shape index (κ2) is 10.4. The second-order valence-electron chi connectivity index (χ2n) is 6.99. The summed E-state index contributed by atoms with van der Waals surface area (Å²) >= 11 is 0. The molecule has 10 nitrogen and oxygen atoms in total. The quantitative estimate of drug-likeness (QED) is 0.339. The fraction of sp³-hybridized carbons (Fsp3) is 0.611. The van der Waals surface area contributed by atoms with Gasteiger partial charge in [0.25, 0.3) is 5.69 Å². The van der Waals surface area contributed by atoms with Crippen LogP contribution in [0.15, 0.2) is 18.2 Å². The first-order valence-corrected chi connectivity index (χ1v) is 11.4. The van der Waals surface area contributed by atoms with Crippen molar-refractivity contribution in [2.45, 2.75) is 25.7 Å². The Balaban J connectivity index is 2.02. The predicted molar refractivity (Wildman–Crippen MR) is 110 cm³/mol. The third kappa shape index (κ3) is 6.86. The van der Waals surface area contributed by atoms with Gasteiger partial charge in [-0.25, -0.2) is 8.42 Å². The highest BCUT2D eigenvalue weighted by molar-refractivity contribution is 7.92. The Morgan fingerprint density at radius 2 is 2.00 bits per heavy atom. The number of hydrogen-bond donors (Lipinski definition) is 1. The monoisotopic (exact) mass is 428 g/mol. The van der Waals surface area contributed by atoms with Crippen LogP contribution in [0.25, 0.3) is 0 Å². The van der Waals surface area contributed by atoms with Crippen LogP contribution in [0.5, 0.6) is 5.75 Å². The van der Waals surface area contributed by atoms with Crippen molar-refractivity contribution in [3.63, 3.8) is 0 Å². The van der Waals surface area contributed by atoms with Crippen molar-refractivity contribution in [3.8, 4) is 5.75 Å². The van der Waals surface area contributed by atoms with E-state index in [-0.39, 0.29) is 17.1 Å². The molecule has 0 unspecified atom stereocenters. The number of methoxy groups -OCH3 is 1. The van der Waals surface area contributed by atoms with Crippen LogP contribution >= 0.6 is 0 Å². The molecule has 1 N–H and O–H groups in total. The predicted octanol–water partition coefficient (Wildman–Crippen LogP) is 1.36. The molecule has 1 aromatic carbocycles. The Labute approximate surface area is 171 Å². The summed E-state index contributed by atoms with van der Waals surface area (Å²) in [7, 11) is -2.55. The third-order valence-corrected chi connectivity index (χ3v) is 5.88. The smallest absolute Gasteiger partial charge is 0.271 e. The van der Waals surface area contributed by atoms with Crippen LogP contribution in [0.1, 0.15) is 25.7 Å².